The molecule has 2 nitrogen and oxygen atoms in total. The van der Waals surface area contributed by atoms with E-state index < -0.39 is 0 Å². The minimum atomic E-state index is -0.281. The van der Waals surface area contributed by atoms with Crippen molar-refractivity contribution < 1.29 is 9.18 Å². The summed E-state index contributed by atoms with van der Waals surface area (Å²) < 4.78 is 13.4. The standard InChI is InChI=1S/C15H20FNOS/c1-2-3-11(10-19)9-17-14-8-13(16)6-4-12(14)5-7-15(17)18/h4,6,8,11,19H,2-3,5,7,9-10H2,1H3. The fraction of sp³-hybridized carbons (Fsp3) is 0.533. The predicted octanol–water partition coefficient (Wildman–Crippen LogP) is 3.45. The highest BCUT2D eigenvalue weighted by Crippen LogP contribution is 2.30. The van der Waals surface area contributed by atoms with E-state index in [-0.39, 0.29) is 11.7 Å². The van der Waals surface area contributed by atoms with Crippen molar-refractivity contribution >= 4 is 24.2 Å². The normalized spacial score (nSPS) is 16.4. The van der Waals surface area contributed by atoms with Crippen LogP contribution < -0.4 is 4.90 Å². The van der Waals surface area contributed by atoms with E-state index in [0.717, 1.165) is 29.8 Å². The van der Waals surface area contributed by atoms with Gasteiger partial charge in [-0.15, -0.1) is 0 Å². The van der Waals surface area contributed by atoms with Gasteiger partial charge in [0.15, 0.2) is 0 Å². The fourth-order valence-corrected chi connectivity index (χ4v) is 2.92. The summed E-state index contributed by atoms with van der Waals surface area (Å²) in [6, 6.07) is 4.74. The Bertz CT molecular complexity index is 463. The molecule has 1 amide bonds. The van der Waals surface area contributed by atoms with Gasteiger partial charge in [-0.2, -0.15) is 12.6 Å². The van der Waals surface area contributed by atoms with Gasteiger partial charge in [0, 0.05) is 18.7 Å². The van der Waals surface area contributed by atoms with Crippen LogP contribution in [0, 0.1) is 11.7 Å². The maximum Gasteiger partial charge on any atom is 0.227 e. The smallest absolute Gasteiger partial charge is 0.227 e. The molecule has 19 heavy (non-hydrogen) atoms. The number of halogens is 1. The van der Waals surface area contributed by atoms with Crippen LogP contribution in [0.25, 0.3) is 0 Å². The van der Waals surface area contributed by atoms with E-state index in [2.05, 4.69) is 19.6 Å². The third-order valence-electron chi connectivity index (χ3n) is 3.64. The summed E-state index contributed by atoms with van der Waals surface area (Å²) in [5, 5.41) is 0. The molecule has 0 fully saturated rings. The minimum absolute atomic E-state index is 0.0981. The van der Waals surface area contributed by atoms with E-state index in [0.29, 0.717) is 25.3 Å². The molecular formula is C15H20FNOS. The lowest BCUT2D eigenvalue weighted by Gasteiger charge is -2.32. The number of fused-ring (bicyclic) bond motifs is 1. The van der Waals surface area contributed by atoms with Gasteiger partial charge in [-0.3, -0.25) is 4.79 Å². The molecule has 0 spiro atoms. The molecule has 1 aromatic carbocycles. The molecule has 0 bridgehead atoms. The number of carbonyl (C=O) groups is 1. The Hall–Kier alpha value is -1.03. The molecule has 1 heterocycles. The summed E-state index contributed by atoms with van der Waals surface area (Å²) in [6.45, 7) is 2.77. The zero-order valence-corrected chi connectivity index (χ0v) is 12.1. The van der Waals surface area contributed by atoms with E-state index >= 15 is 0 Å². The molecular weight excluding hydrogens is 261 g/mol. The van der Waals surface area contributed by atoms with Crippen molar-refractivity contribution in [3.8, 4) is 0 Å². The number of benzene rings is 1. The molecule has 0 saturated heterocycles. The second-order valence-corrected chi connectivity index (χ2v) is 5.48. The predicted molar refractivity (Wildman–Crippen MR) is 79.3 cm³/mol. The van der Waals surface area contributed by atoms with E-state index in [1.165, 1.54) is 12.1 Å². The summed E-state index contributed by atoms with van der Waals surface area (Å²) in [6.07, 6.45) is 3.34. The number of rotatable bonds is 5. The molecule has 4 heteroatoms. The minimum Gasteiger partial charge on any atom is -0.312 e. The Morgan fingerprint density at radius 3 is 2.89 bits per heavy atom. The van der Waals surface area contributed by atoms with Crippen LogP contribution in [0.1, 0.15) is 31.7 Å². The highest BCUT2D eigenvalue weighted by Gasteiger charge is 2.26. The lowest BCUT2D eigenvalue weighted by atomic mass is 9.98. The molecule has 1 unspecified atom stereocenters. The van der Waals surface area contributed by atoms with Crippen LogP contribution >= 0.6 is 12.6 Å². The third kappa shape index (κ3) is 3.30. The first-order valence-electron chi connectivity index (χ1n) is 6.85. The van der Waals surface area contributed by atoms with Crippen LogP contribution in [0.15, 0.2) is 18.2 Å². The van der Waals surface area contributed by atoms with Gasteiger partial charge in [0.2, 0.25) is 5.91 Å². The first kappa shape index (κ1) is 14.4. The molecule has 1 aromatic rings. The zero-order chi connectivity index (χ0) is 13.8. The quantitative estimate of drug-likeness (QED) is 0.820. The van der Waals surface area contributed by atoms with Gasteiger partial charge in [-0.25, -0.2) is 4.39 Å². The van der Waals surface area contributed by atoms with E-state index in [1.54, 1.807) is 11.0 Å². The van der Waals surface area contributed by atoms with Crippen molar-refractivity contribution in [1.82, 2.24) is 0 Å². The van der Waals surface area contributed by atoms with Crippen LogP contribution in [-0.2, 0) is 11.2 Å². The average molecular weight is 281 g/mol. The molecule has 0 saturated carbocycles. The average Bonchev–Trinajstić information content (AvgIpc) is 2.41. The van der Waals surface area contributed by atoms with Gasteiger partial charge in [-0.1, -0.05) is 19.4 Å². The number of thiol groups is 1. The lowest BCUT2D eigenvalue weighted by Crippen LogP contribution is -2.39. The maximum absolute atomic E-state index is 13.4. The Labute approximate surface area is 119 Å². The number of amides is 1. The second-order valence-electron chi connectivity index (χ2n) is 5.11. The Balaban J connectivity index is 2.24. The van der Waals surface area contributed by atoms with Crippen molar-refractivity contribution in [2.45, 2.75) is 32.6 Å². The third-order valence-corrected chi connectivity index (χ3v) is 4.16. The first-order valence-corrected chi connectivity index (χ1v) is 7.48. The van der Waals surface area contributed by atoms with Crippen molar-refractivity contribution in [2.75, 3.05) is 17.2 Å². The summed E-state index contributed by atoms with van der Waals surface area (Å²) in [7, 11) is 0. The van der Waals surface area contributed by atoms with Crippen molar-refractivity contribution in [3.63, 3.8) is 0 Å². The maximum atomic E-state index is 13.4. The van der Waals surface area contributed by atoms with Crippen LogP contribution in [0.2, 0.25) is 0 Å². The monoisotopic (exact) mass is 281 g/mol. The number of hydrogen-bond donors (Lipinski definition) is 1. The Morgan fingerprint density at radius 1 is 1.42 bits per heavy atom. The van der Waals surface area contributed by atoms with Crippen molar-refractivity contribution in [2.24, 2.45) is 5.92 Å². The number of aryl methyl sites for hydroxylation is 1. The topological polar surface area (TPSA) is 20.3 Å². The van der Waals surface area contributed by atoms with Crippen LogP contribution in [0.4, 0.5) is 10.1 Å². The largest absolute Gasteiger partial charge is 0.312 e. The summed E-state index contributed by atoms with van der Waals surface area (Å²) in [5.74, 6) is 0.936. The molecule has 1 aliphatic heterocycles. The van der Waals surface area contributed by atoms with Gasteiger partial charge < -0.3 is 4.90 Å². The fourth-order valence-electron chi connectivity index (χ4n) is 2.62. The highest BCUT2D eigenvalue weighted by atomic mass is 32.1. The van der Waals surface area contributed by atoms with E-state index in [9.17, 15) is 9.18 Å². The van der Waals surface area contributed by atoms with E-state index in [1.807, 2.05) is 0 Å². The number of hydrogen-bond acceptors (Lipinski definition) is 2. The second kappa shape index (κ2) is 6.42. The Kier molecular flexibility index (Phi) is 4.86. The van der Waals surface area contributed by atoms with Gasteiger partial charge >= 0.3 is 0 Å². The van der Waals surface area contributed by atoms with Gasteiger partial charge in [-0.05, 0) is 42.2 Å². The molecule has 2 rings (SSSR count). The summed E-state index contributed by atoms with van der Waals surface area (Å²) >= 11 is 4.36. The Morgan fingerprint density at radius 2 is 2.21 bits per heavy atom. The van der Waals surface area contributed by atoms with Crippen LogP contribution in [0.3, 0.4) is 0 Å². The van der Waals surface area contributed by atoms with Crippen LogP contribution in [-0.4, -0.2) is 18.2 Å². The molecule has 1 aliphatic rings. The van der Waals surface area contributed by atoms with Crippen LogP contribution in [0.5, 0.6) is 0 Å². The van der Waals surface area contributed by atoms with Crippen molar-refractivity contribution in [3.05, 3.63) is 29.6 Å². The molecule has 0 N–H and O–H groups in total. The van der Waals surface area contributed by atoms with Gasteiger partial charge in [0.1, 0.15) is 5.82 Å². The molecule has 104 valence electrons. The first-order chi connectivity index (χ1) is 9.15. The molecule has 0 aliphatic carbocycles. The van der Waals surface area contributed by atoms with E-state index in [4.69, 9.17) is 0 Å². The number of carbonyl (C=O) groups excluding carboxylic acids is 1. The van der Waals surface area contributed by atoms with Gasteiger partial charge in [0.25, 0.3) is 0 Å². The van der Waals surface area contributed by atoms with Gasteiger partial charge in [0.05, 0.1) is 0 Å². The highest BCUT2D eigenvalue weighted by molar-refractivity contribution is 7.80. The number of nitrogens with zero attached hydrogens (tertiary/aromatic N) is 1. The summed E-state index contributed by atoms with van der Waals surface area (Å²) in [5.41, 5.74) is 1.81. The molecule has 1 atom stereocenters. The molecule has 0 radical (unpaired) electrons. The number of anilines is 1. The van der Waals surface area contributed by atoms with Crippen molar-refractivity contribution in [1.29, 1.82) is 0 Å². The zero-order valence-electron chi connectivity index (χ0n) is 11.2. The lowest BCUT2D eigenvalue weighted by molar-refractivity contribution is -0.119. The molecule has 0 aromatic heterocycles. The summed E-state index contributed by atoms with van der Waals surface area (Å²) in [4.78, 5) is 13.9. The SMILES string of the molecule is CCCC(CS)CN1C(=O)CCc2ccc(F)cc21.